The van der Waals surface area contributed by atoms with Crippen LogP contribution in [0, 0.1) is 0 Å². The van der Waals surface area contributed by atoms with Crippen molar-refractivity contribution in [2.75, 3.05) is 17.2 Å². The number of rotatable bonds is 7. The van der Waals surface area contributed by atoms with Gasteiger partial charge in [0.05, 0.1) is 16.8 Å². The maximum absolute atomic E-state index is 12.7. The first-order valence-electron chi connectivity index (χ1n) is 7.95. The monoisotopic (exact) mass is 388 g/mol. The summed E-state index contributed by atoms with van der Waals surface area (Å²) in [7, 11) is 0. The number of nitrogens with zero attached hydrogens (tertiary/aromatic N) is 2. The maximum atomic E-state index is 12.7. The molecule has 0 unspecified atom stereocenters. The Morgan fingerprint density at radius 3 is 2.69 bits per heavy atom. The van der Waals surface area contributed by atoms with E-state index in [4.69, 9.17) is 17.3 Å². The summed E-state index contributed by atoms with van der Waals surface area (Å²) in [6.07, 6.45) is 0.106. The van der Waals surface area contributed by atoms with Crippen LogP contribution >= 0.6 is 23.4 Å². The number of aromatic amines is 1. The lowest BCUT2D eigenvalue weighted by atomic mass is 10.2. The molecule has 0 aliphatic rings. The Bertz CT molecular complexity index is 929. The molecule has 0 atom stereocenters. The number of halogens is 1. The van der Waals surface area contributed by atoms with Crippen LogP contribution in [-0.4, -0.2) is 34.1 Å². The number of nitrogens with one attached hydrogen (secondary N) is 1. The number of H-pyrrole nitrogens is 1. The van der Waals surface area contributed by atoms with Gasteiger partial charge in [0.15, 0.2) is 5.16 Å². The summed E-state index contributed by atoms with van der Waals surface area (Å²) in [4.78, 5) is 33.0. The van der Waals surface area contributed by atoms with Gasteiger partial charge in [0.25, 0.3) is 0 Å². The van der Waals surface area contributed by atoms with Gasteiger partial charge in [0, 0.05) is 23.7 Å². The van der Waals surface area contributed by atoms with Crippen molar-refractivity contribution in [2.45, 2.75) is 11.6 Å². The molecule has 8 heteroatoms. The molecule has 3 rings (SSSR count). The van der Waals surface area contributed by atoms with Crippen LogP contribution in [0.3, 0.4) is 0 Å². The molecule has 0 saturated heterocycles. The fourth-order valence-corrected chi connectivity index (χ4v) is 3.40. The first-order valence-corrected chi connectivity index (χ1v) is 9.31. The van der Waals surface area contributed by atoms with Crippen LogP contribution in [0.1, 0.15) is 6.42 Å². The van der Waals surface area contributed by atoms with Crippen LogP contribution in [-0.2, 0) is 9.59 Å². The molecule has 134 valence electrons. The highest BCUT2D eigenvalue weighted by atomic mass is 35.5. The lowest BCUT2D eigenvalue weighted by Gasteiger charge is -2.22. The van der Waals surface area contributed by atoms with E-state index in [2.05, 4.69) is 9.97 Å². The van der Waals surface area contributed by atoms with Crippen molar-refractivity contribution < 1.29 is 9.59 Å². The number of carbonyl (C=O) groups excluding carboxylic acids is 2. The van der Waals surface area contributed by atoms with E-state index >= 15 is 0 Å². The number of primary amides is 1. The summed E-state index contributed by atoms with van der Waals surface area (Å²) in [6, 6.07) is 14.6. The van der Waals surface area contributed by atoms with Gasteiger partial charge in [-0.3, -0.25) is 9.59 Å². The van der Waals surface area contributed by atoms with E-state index in [1.165, 1.54) is 11.8 Å². The molecule has 3 aromatic rings. The molecule has 6 nitrogen and oxygen atoms in total. The second-order valence-corrected chi connectivity index (χ2v) is 6.99. The standard InChI is InChI=1S/C18H17ClN4O2S/c19-12-6-7-14-15(10-12)22-18(21-14)26-11-17(25)23(9-8-16(20)24)13-4-2-1-3-5-13/h1-7,10H,8-9,11H2,(H2,20,24)(H,21,22). The highest BCUT2D eigenvalue weighted by molar-refractivity contribution is 7.99. The van der Waals surface area contributed by atoms with Gasteiger partial charge in [-0.25, -0.2) is 4.98 Å². The van der Waals surface area contributed by atoms with E-state index in [0.29, 0.717) is 10.2 Å². The average molecular weight is 389 g/mol. The molecule has 0 aliphatic carbocycles. The van der Waals surface area contributed by atoms with Crippen molar-refractivity contribution in [3.63, 3.8) is 0 Å². The van der Waals surface area contributed by atoms with Crippen LogP contribution in [0.15, 0.2) is 53.7 Å². The second-order valence-electron chi connectivity index (χ2n) is 5.59. The highest BCUT2D eigenvalue weighted by Crippen LogP contribution is 2.23. The zero-order valence-corrected chi connectivity index (χ0v) is 15.4. The molecule has 0 saturated carbocycles. The Hall–Kier alpha value is -2.51. The first-order chi connectivity index (χ1) is 12.5. The predicted molar refractivity (Wildman–Crippen MR) is 104 cm³/mol. The largest absolute Gasteiger partial charge is 0.370 e. The second kappa shape index (κ2) is 8.25. The molecule has 2 aromatic carbocycles. The van der Waals surface area contributed by atoms with Gasteiger partial charge < -0.3 is 15.6 Å². The number of para-hydroxylation sites is 1. The summed E-state index contributed by atoms with van der Waals surface area (Å²) in [6.45, 7) is 0.245. The number of thioether (sulfide) groups is 1. The van der Waals surface area contributed by atoms with Crippen molar-refractivity contribution in [3.05, 3.63) is 53.6 Å². The number of amides is 2. The maximum Gasteiger partial charge on any atom is 0.237 e. The lowest BCUT2D eigenvalue weighted by molar-refractivity contribution is -0.118. The van der Waals surface area contributed by atoms with E-state index in [-0.39, 0.29) is 24.6 Å². The number of hydrogen-bond acceptors (Lipinski definition) is 4. The van der Waals surface area contributed by atoms with Gasteiger partial charge in [0.2, 0.25) is 11.8 Å². The minimum Gasteiger partial charge on any atom is -0.370 e. The van der Waals surface area contributed by atoms with E-state index < -0.39 is 5.91 Å². The molecule has 2 amide bonds. The smallest absolute Gasteiger partial charge is 0.237 e. The van der Waals surface area contributed by atoms with E-state index in [9.17, 15) is 9.59 Å². The number of nitrogens with two attached hydrogens (primary N) is 1. The minimum absolute atomic E-state index is 0.106. The van der Waals surface area contributed by atoms with Crippen molar-refractivity contribution in [3.8, 4) is 0 Å². The van der Waals surface area contributed by atoms with E-state index in [1.54, 1.807) is 17.0 Å². The molecule has 1 heterocycles. The van der Waals surface area contributed by atoms with Gasteiger partial charge in [-0.05, 0) is 30.3 Å². The molecule has 0 fully saturated rings. The van der Waals surface area contributed by atoms with Gasteiger partial charge >= 0.3 is 0 Å². The molecule has 26 heavy (non-hydrogen) atoms. The zero-order chi connectivity index (χ0) is 18.5. The summed E-state index contributed by atoms with van der Waals surface area (Å²) >= 11 is 7.27. The van der Waals surface area contributed by atoms with E-state index in [0.717, 1.165) is 16.7 Å². The number of anilines is 1. The SMILES string of the molecule is NC(=O)CCN(C(=O)CSc1nc2ccc(Cl)cc2[nH]1)c1ccccc1. The molecule has 3 N–H and O–H groups in total. The summed E-state index contributed by atoms with van der Waals surface area (Å²) in [5.41, 5.74) is 7.57. The van der Waals surface area contributed by atoms with Gasteiger partial charge in [-0.1, -0.05) is 41.6 Å². The number of benzene rings is 2. The molecule has 1 aromatic heterocycles. The highest BCUT2D eigenvalue weighted by Gasteiger charge is 2.17. The molecule has 0 bridgehead atoms. The van der Waals surface area contributed by atoms with E-state index in [1.807, 2.05) is 36.4 Å². The molecular formula is C18H17ClN4O2S. The number of carbonyl (C=O) groups is 2. The molecule has 0 spiro atoms. The van der Waals surface area contributed by atoms with Crippen molar-refractivity contribution in [1.82, 2.24) is 9.97 Å². The normalized spacial score (nSPS) is 10.8. The van der Waals surface area contributed by atoms with Crippen LogP contribution in [0.5, 0.6) is 0 Å². The number of aromatic nitrogens is 2. The third-order valence-corrected chi connectivity index (χ3v) is 4.80. The molecular weight excluding hydrogens is 372 g/mol. The minimum atomic E-state index is -0.444. The van der Waals surface area contributed by atoms with Crippen molar-refractivity contribution >= 4 is 51.9 Å². The lowest BCUT2D eigenvalue weighted by Crippen LogP contribution is -2.35. The van der Waals surface area contributed by atoms with Crippen LogP contribution in [0.25, 0.3) is 11.0 Å². The Morgan fingerprint density at radius 1 is 1.19 bits per heavy atom. The topological polar surface area (TPSA) is 92.1 Å². The van der Waals surface area contributed by atoms with Gasteiger partial charge in [-0.15, -0.1) is 0 Å². The fraction of sp³-hybridized carbons (Fsp3) is 0.167. The summed E-state index contributed by atoms with van der Waals surface area (Å²) < 4.78 is 0. The number of imidazole rings is 1. The molecule has 0 radical (unpaired) electrons. The third kappa shape index (κ3) is 4.56. The Morgan fingerprint density at radius 2 is 1.96 bits per heavy atom. The molecule has 0 aliphatic heterocycles. The fourth-order valence-electron chi connectivity index (χ4n) is 2.46. The van der Waals surface area contributed by atoms with Crippen LogP contribution < -0.4 is 10.6 Å². The van der Waals surface area contributed by atoms with Gasteiger partial charge in [0.1, 0.15) is 0 Å². The summed E-state index contributed by atoms with van der Waals surface area (Å²) in [5.74, 6) is -0.386. The predicted octanol–water partition coefficient (Wildman–Crippen LogP) is 3.22. The Balaban J connectivity index is 1.70. The Labute approximate surface area is 159 Å². The van der Waals surface area contributed by atoms with Crippen LogP contribution in [0.2, 0.25) is 5.02 Å². The Kier molecular flexibility index (Phi) is 5.80. The van der Waals surface area contributed by atoms with Crippen molar-refractivity contribution in [2.24, 2.45) is 5.73 Å². The van der Waals surface area contributed by atoms with Gasteiger partial charge in [-0.2, -0.15) is 0 Å². The number of hydrogen-bond donors (Lipinski definition) is 2. The third-order valence-electron chi connectivity index (χ3n) is 3.71. The van der Waals surface area contributed by atoms with Crippen LogP contribution in [0.4, 0.5) is 5.69 Å². The first kappa shape index (κ1) is 18.3. The van der Waals surface area contributed by atoms with Crippen molar-refractivity contribution in [1.29, 1.82) is 0 Å². The summed E-state index contributed by atoms with van der Waals surface area (Å²) in [5, 5.41) is 1.26. The average Bonchev–Trinajstić information content (AvgIpc) is 3.02. The quantitative estimate of drug-likeness (QED) is 0.608. The zero-order valence-electron chi connectivity index (χ0n) is 13.8. The number of fused-ring (bicyclic) bond motifs is 1.